The van der Waals surface area contributed by atoms with Crippen molar-refractivity contribution in [2.45, 2.75) is 19.4 Å². The summed E-state index contributed by atoms with van der Waals surface area (Å²) in [7, 11) is 0. The van der Waals surface area contributed by atoms with Crippen LogP contribution in [0.5, 0.6) is 0 Å². The number of nitrogen functional groups attached to an aromatic ring is 1. The fourth-order valence-electron chi connectivity index (χ4n) is 1.94. The Labute approximate surface area is 122 Å². The predicted molar refractivity (Wildman–Crippen MR) is 83.0 cm³/mol. The van der Waals surface area contributed by atoms with E-state index in [4.69, 9.17) is 10.5 Å². The minimum absolute atomic E-state index is 0.663. The van der Waals surface area contributed by atoms with Crippen molar-refractivity contribution in [3.63, 3.8) is 0 Å². The predicted octanol–water partition coefficient (Wildman–Crippen LogP) is 4.18. The number of nitrogens with two attached hydrogens (primary N) is 1. The summed E-state index contributed by atoms with van der Waals surface area (Å²) in [5.41, 5.74) is 9.03. The number of hydrogen-bond donors (Lipinski definition) is 1. The summed E-state index contributed by atoms with van der Waals surface area (Å²) in [5.74, 6) is 0. The van der Waals surface area contributed by atoms with Gasteiger partial charge in [0.1, 0.15) is 0 Å². The molecule has 2 nitrogen and oxygen atoms in total. The summed E-state index contributed by atoms with van der Waals surface area (Å²) >= 11 is 3.45. The molecule has 0 aromatic heterocycles. The van der Waals surface area contributed by atoms with Crippen LogP contribution in [0.25, 0.3) is 0 Å². The molecule has 100 valence electrons. The van der Waals surface area contributed by atoms with Crippen LogP contribution in [0, 0.1) is 0 Å². The van der Waals surface area contributed by atoms with Crippen LogP contribution in [-0.4, -0.2) is 6.61 Å². The zero-order valence-corrected chi connectivity index (χ0v) is 12.4. The van der Waals surface area contributed by atoms with Gasteiger partial charge >= 0.3 is 0 Å². The summed E-state index contributed by atoms with van der Waals surface area (Å²) in [5, 5.41) is 0. The van der Waals surface area contributed by atoms with Crippen LogP contribution < -0.4 is 5.73 Å². The second kappa shape index (κ2) is 7.31. The Morgan fingerprint density at radius 2 is 1.79 bits per heavy atom. The van der Waals surface area contributed by atoms with Crippen molar-refractivity contribution >= 4 is 21.6 Å². The molecule has 19 heavy (non-hydrogen) atoms. The molecule has 0 fully saturated rings. The molecule has 3 heteroatoms. The minimum Gasteiger partial charge on any atom is -0.399 e. The maximum atomic E-state index is 5.74. The molecular weight excluding hydrogens is 302 g/mol. The number of aryl methyl sites for hydroxylation is 1. The fourth-order valence-corrected chi connectivity index (χ4v) is 2.39. The molecule has 0 radical (unpaired) electrons. The first-order valence-corrected chi connectivity index (χ1v) is 7.20. The third kappa shape index (κ3) is 5.05. The van der Waals surface area contributed by atoms with E-state index in [0.29, 0.717) is 6.61 Å². The van der Waals surface area contributed by atoms with Crippen LogP contribution in [0.15, 0.2) is 53.0 Å². The van der Waals surface area contributed by atoms with Crippen molar-refractivity contribution in [1.29, 1.82) is 0 Å². The molecule has 0 saturated carbocycles. The highest BCUT2D eigenvalue weighted by Gasteiger charge is 1.96. The molecule has 0 bridgehead atoms. The van der Waals surface area contributed by atoms with Gasteiger partial charge in [-0.1, -0.05) is 40.2 Å². The molecule has 0 amide bonds. The topological polar surface area (TPSA) is 35.2 Å². The Hall–Kier alpha value is -1.32. The SMILES string of the molecule is Nc1cccc(CCCOCc2cccc(Br)c2)c1. The van der Waals surface area contributed by atoms with Gasteiger partial charge in [0.25, 0.3) is 0 Å². The van der Waals surface area contributed by atoms with Crippen molar-refractivity contribution in [2.75, 3.05) is 12.3 Å². The van der Waals surface area contributed by atoms with E-state index in [9.17, 15) is 0 Å². The molecule has 2 N–H and O–H groups in total. The van der Waals surface area contributed by atoms with Crippen molar-refractivity contribution in [3.8, 4) is 0 Å². The molecule has 0 saturated heterocycles. The van der Waals surface area contributed by atoms with Gasteiger partial charge < -0.3 is 10.5 Å². The van der Waals surface area contributed by atoms with Crippen molar-refractivity contribution in [3.05, 3.63) is 64.1 Å². The van der Waals surface area contributed by atoms with Crippen molar-refractivity contribution in [2.24, 2.45) is 0 Å². The zero-order chi connectivity index (χ0) is 13.5. The number of ether oxygens (including phenoxy) is 1. The zero-order valence-electron chi connectivity index (χ0n) is 10.8. The summed E-state index contributed by atoms with van der Waals surface area (Å²) in [6.45, 7) is 1.43. The molecule has 0 aliphatic heterocycles. The molecule has 2 aromatic rings. The highest BCUT2D eigenvalue weighted by Crippen LogP contribution is 2.13. The van der Waals surface area contributed by atoms with Gasteiger partial charge in [0.15, 0.2) is 0 Å². The largest absolute Gasteiger partial charge is 0.399 e. The molecule has 0 aliphatic carbocycles. The Balaban J connectivity index is 1.67. The Morgan fingerprint density at radius 1 is 1.00 bits per heavy atom. The van der Waals surface area contributed by atoms with Gasteiger partial charge in [-0.25, -0.2) is 0 Å². The van der Waals surface area contributed by atoms with E-state index in [1.807, 2.05) is 30.3 Å². The van der Waals surface area contributed by atoms with E-state index in [2.05, 4.69) is 34.1 Å². The number of halogens is 1. The molecule has 0 heterocycles. The monoisotopic (exact) mass is 319 g/mol. The number of rotatable bonds is 6. The van der Waals surface area contributed by atoms with Crippen molar-refractivity contribution < 1.29 is 4.74 Å². The lowest BCUT2D eigenvalue weighted by Crippen LogP contribution is -1.98. The second-order valence-corrected chi connectivity index (χ2v) is 5.45. The van der Waals surface area contributed by atoms with Gasteiger partial charge in [-0.15, -0.1) is 0 Å². The first-order valence-electron chi connectivity index (χ1n) is 6.40. The van der Waals surface area contributed by atoms with E-state index in [1.165, 1.54) is 11.1 Å². The molecule has 0 unspecified atom stereocenters. The molecule has 0 aliphatic rings. The van der Waals surface area contributed by atoms with E-state index >= 15 is 0 Å². The molecule has 0 atom stereocenters. The van der Waals surface area contributed by atoms with Crippen LogP contribution in [0.2, 0.25) is 0 Å². The molecule has 2 rings (SSSR count). The van der Waals surface area contributed by atoms with Crippen LogP contribution in [0.4, 0.5) is 5.69 Å². The van der Waals surface area contributed by atoms with E-state index in [-0.39, 0.29) is 0 Å². The summed E-state index contributed by atoms with van der Waals surface area (Å²) in [4.78, 5) is 0. The average molecular weight is 320 g/mol. The van der Waals surface area contributed by atoms with Crippen LogP contribution in [0.1, 0.15) is 17.5 Å². The third-order valence-corrected chi connectivity index (χ3v) is 3.36. The van der Waals surface area contributed by atoms with Crippen molar-refractivity contribution in [1.82, 2.24) is 0 Å². The highest BCUT2D eigenvalue weighted by molar-refractivity contribution is 9.10. The quantitative estimate of drug-likeness (QED) is 0.640. The van der Waals surface area contributed by atoms with Gasteiger partial charge in [-0.05, 0) is 48.2 Å². The van der Waals surface area contributed by atoms with Gasteiger partial charge in [0.2, 0.25) is 0 Å². The Kier molecular flexibility index (Phi) is 5.43. The minimum atomic E-state index is 0.663. The Bertz CT molecular complexity index is 480. The second-order valence-electron chi connectivity index (χ2n) is 4.53. The fraction of sp³-hybridized carbons (Fsp3) is 0.250. The van der Waals surface area contributed by atoms with E-state index < -0.39 is 0 Å². The standard InChI is InChI=1S/C16H18BrNO/c17-15-7-1-5-14(10-15)12-19-9-3-6-13-4-2-8-16(18)11-13/h1-2,4-5,7-8,10-11H,3,6,9,12,18H2. The highest BCUT2D eigenvalue weighted by atomic mass is 79.9. The molecule has 2 aromatic carbocycles. The first-order chi connectivity index (χ1) is 9.24. The van der Waals surface area contributed by atoms with E-state index in [1.54, 1.807) is 0 Å². The summed E-state index contributed by atoms with van der Waals surface area (Å²) in [6, 6.07) is 16.2. The third-order valence-electron chi connectivity index (χ3n) is 2.86. The first kappa shape index (κ1) is 14.1. The maximum absolute atomic E-state index is 5.74. The number of benzene rings is 2. The Morgan fingerprint density at radius 3 is 2.58 bits per heavy atom. The lowest BCUT2D eigenvalue weighted by atomic mass is 10.1. The van der Waals surface area contributed by atoms with Crippen LogP contribution in [-0.2, 0) is 17.8 Å². The average Bonchev–Trinajstić information content (AvgIpc) is 2.38. The molecule has 0 spiro atoms. The van der Waals surface area contributed by atoms with E-state index in [0.717, 1.165) is 29.6 Å². The van der Waals surface area contributed by atoms with Crippen LogP contribution in [0.3, 0.4) is 0 Å². The molecular formula is C16H18BrNO. The summed E-state index contributed by atoms with van der Waals surface area (Å²) in [6.07, 6.45) is 2.01. The number of hydrogen-bond acceptors (Lipinski definition) is 2. The lowest BCUT2D eigenvalue weighted by molar-refractivity contribution is 0.118. The smallest absolute Gasteiger partial charge is 0.0717 e. The maximum Gasteiger partial charge on any atom is 0.0717 e. The summed E-state index contributed by atoms with van der Waals surface area (Å²) < 4.78 is 6.77. The van der Waals surface area contributed by atoms with Gasteiger partial charge in [-0.3, -0.25) is 0 Å². The normalized spacial score (nSPS) is 10.6. The van der Waals surface area contributed by atoms with Crippen LogP contribution >= 0.6 is 15.9 Å². The lowest BCUT2D eigenvalue weighted by Gasteiger charge is -2.05. The number of anilines is 1. The van der Waals surface area contributed by atoms with Gasteiger partial charge in [0, 0.05) is 16.8 Å². The van der Waals surface area contributed by atoms with Gasteiger partial charge in [0.05, 0.1) is 6.61 Å². The van der Waals surface area contributed by atoms with Gasteiger partial charge in [-0.2, -0.15) is 0 Å².